The van der Waals surface area contributed by atoms with Crippen molar-refractivity contribution in [3.63, 3.8) is 0 Å². The molecule has 0 spiro atoms. The smallest absolute Gasteiger partial charge is 0.123 e. The number of rotatable bonds is 6. The summed E-state index contributed by atoms with van der Waals surface area (Å²) in [4.78, 5) is 2.26. The van der Waals surface area contributed by atoms with Gasteiger partial charge in [-0.25, -0.2) is 4.39 Å². The van der Waals surface area contributed by atoms with Crippen LogP contribution in [0.15, 0.2) is 54.6 Å². The zero-order valence-corrected chi connectivity index (χ0v) is 11.8. The Balaban J connectivity index is 2.31. The van der Waals surface area contributed by atoms with Crippen molar-refractivity contribution in [2.24, 2.45) is 5.73 Å². The molecule has 0 radical (unpaired) electrons. The maximum absolute atomic E-state index is 13.1. The van der Waals surface area contributed by atoms with Crippen LogP contribution in [0.3, 0.4) is 0 Å². The number of nitrogens with zero attached hydrogens (tertiary/aromatic N) is 1. The third-order valence-corrected chi connectivity index (χ3v) is 3.46. The van der Waals surface area contributed by atoms with Gasteiger partial charge < -0.3 is 5.73 Å². The van der Waals surface area contributed by atoms with Gasteiger partial charge in [-0.15, -0.1) is 0 Å². The van der Waals surface area contributed by atoms with Crippen molar-refractivity contribution < 1.29 is 4.39 Å². The third kappa shape index (κ3) is 3.65. The van der Waals surface area contributed by atoms with Gasteiger partial charge in [-0.3, -0.25) is 4.90 Å². The number of hydrogen-bond acceptors (Lipinski definition) is 2. The van der Waals surface area contributed by atoms with Gasteiger partial charge >= 0.3 is 0 Å². The maximum atomic E-state index is 13.1. The lowest BCUT2D eigenvalue weighted by atomic mass is 9.97. The van der Waals surface area contributed by atoms with E-state index >= 15 is 0 Å². The van der Waals surface area contributed by atoms with Gasteiger partial charge in [0.25, 0.3) is 0 Å². The Kier molecular flexibility index (Phi) is 5.27. The van der Waals surface area contributed by atoms with Gasteiger partial charge in [-0.2, -0.15) is 0 Å². The Morgan fingerprint density at radius 1 is 1.00 bits per heavy atom. The second-order valence-corrected chi connectivity index (χ2v) is 4.99. The fraction of sp³-hybridized carbons (Fsp3) is 0.294. The van der Waals surface area contributed by atoms with Crippen molar-refractivity contribution in [1.82, 2.24) is 4.90 Å². The molecule has 106 valence electrons. The largest absolute Gasteiger partial charge is 0.330 e. The van der Waals surface area contributed by atoms with Crippen molar-refractivity contribution in [2.45, 2.75) is 12.5 Å². The lowest BCUT2D eigenvalue weighted by molar-refractivity contribution is 0.277. The van der Waals surface area contributed by atoms with Gasteiger partial charge in [0.1, 0.15) is 5.82 Å². The third-order valence-electron chi connectivity index (χ3n) is 3.46. The molecule has 20 heavy (non-hydrogen) atoms. The highest BCUT2D eigenvalue weighted by molar-refractivity contribution is 5.31. The molecule has 0 aliphatic rings. The molecule has 2 nitrogen and oxygen atoms in total. The molecule has 1 unspecified atom stereocenters. The average Bonchev–Trinajstić information content (AvgIpc) is 2.48. The first-order chi connectivity index (χ1) is 9.72. The molecular formula is C17H21FN2. The van der Waals surface area contributed by atoms with Crippen molar-refractivity contribution in [2.75, 3.05) is 20.1 Å². The number of halogens is 1. The van der Waals surface area contributed by atoms with Crippen LogP contribution in [0.2, 0.25) is 0 Å². The van der Waals surface area contributed by atoms with Crippen LogP contribution >= 0.6 is 0 Å². The molecule has 0 bridgehead atoms. The number of hydrogen-bond donors (Lipinski definition) is 1. The molecule has 0 amide bonds. The predicted octanol–water partition coefficient (Wildman–Crippen LogP) is 3.20. The molecule has 2 N–H and O–H groups in total. The Hall–Kier alpha value is -1.71. The Labute approximate surface area is 120 Å². The van der Waals surface area contributed by atoms with Crippen LogP contribution in [0.4, 0.5) is 4.39 Å². The Bertz CT molecular complexity index is 510. The first-order valence-electron chi connectivity index (χ1n) is 6.93. The summed E-state index contributed by atoms with van der Waals surface area (Å²) >= 11 is 0. The standard InChI is InChI=1S/C17H21FN2/c1-20(13-5-12-19)17(14-6-3-2-4-7-14)15-8-10-16(18)11-9-15/h2-4,6-11,17H,5,12-13,19H2,1H3. The maximum Gasteiger partial charge on any atom is 0.123 e. The predicted molar refractivity (Wildman–Crippen MR) is 81.0 cm³/mol. The SMILES string of the molecule is CN(CCCN)C(c1ccccc1)c1ccc(F)cc1. The van der Waals surface area contributed by atoms with E-state index in [2.05, 4.69) is 24.1 Å². The van der Waals surface area contributed by atoms with Crippen LogP contribution < -0.4 is 5.73 Å². The summed E-state index contributed by atoms with van der Waals surface area (Å²) in [5, 5.41) is 0. The van der Waals surface area contributed by atoms with Crippen LogP contribution in [-0.2, 0) is 0 Å². The van der Waals surface area contributed by atoms with E-state index in [1.165, 1.54) is 17.7 Å². The lowest BCUT2D eigenvalue weighted by Crippen LogP contribution is -2.28. The minimum absolute atomic E-state index is 0.128. The van der Waals surface area contributed by atoms with E-state index in [9.17, 15) is 4.39 Å². The molecule has 1 atom stereocenters. The van der Waals surface area contributed by atoms with E-state index in [0.717, 1.165) is 18.5 Å². The molecule has 2 rings (SSSR count). The minimum atomic E-state index is -0.204. The van der Waals surface area contributed by atoms with Gasteiger partial charge in [-0.05, 0) is 49.8 Å². The molecule has 3 heteroatoms. The van der Waals surface area contributed by atoms with Gasteiger partial charge in [0.2, 0.25) is 0 Å². The first-order valence-corrected chi connectivity index (χ1v) is 6.93. The molecule has 0 aliphatic carbocycles. The Morgan fingerprint density at radius 3 is 2.20 bits per heavy atom. The second kappa shape index (κ2) is 7.17. The van der Waals surface area contributed by atoms with Gasteiger partial charge in [0.15, 0.2) is 0 Å². The molecule has 2 aromatic rings. The van der Waals surface area contributed by atoms with Crippen LogP contribution in [0.5, 0.6) is 0 Å². The van der Waals surface area contributed by atoms with E-state index in [-0.39, 0.29) is 11.9 Å². The molecule has 0 aromatic heterocycles. The van der Waals surface area contributed by atoms with Crippen molar-refractivity contribution in [3.05, 3.63) is 71.5 Å². The highest BCUT2D eigenvalue weighted by Crippen LogP contribution is 2.27. The zero-order chi connectivity index (χ0) is 14.4. The molecular weight excluding hydrogens is 251 g/mol. The highest BCUT2D eigenvalue weighted by Gasteiger charge is 2.18. The summed E-state index contributed by atoms with van der Waals surface area (Å²) in [5.41, 5.74) is 7.90. The number of benzene rings is 2. The zero-order valence-electron chi connectivity index (χ0n) is 11.8. The van der Waals surface area contributed by atoms with Crippen molar-refractivity contribution in [3.8, 4) is 0 Å². The monoisotopic (exact) mass is 272 g/mol. The lowest BCUT2D eigenvalue weighted by Gasteiger charge is -2.29. The van der Waals surface area contributed by atoms with Crippen LogP contribution in [0.1, 0.15) is 23.6 Å². The molecule has 0 fully saturated rings. The molecule has 2 aromatic carbocycles. The first kappa shape index (κ1) is 14.7. The summed E-state index contributed by atoms with van der Waals surface area (Å²) in [7, 11) is 2.08. The minimum Gasteiger partial charge on any atom is -0.330 e. The molecule has 0 saturated heterocycles. The van der Waals surface area contributed by atoms with Crippen LogP contribution in [0.25, 0.3) is 0 Å². The molecule has 0 saturated carbocycles. The van der Waals surface area contributed by atoms with E-state index < -0.39 is 0 Å². The summed E-state index contributed by atoms with van der Waals surface area (Å²) < 4.78 is 13.1. The molecule has 0 aliphatic heterocycles. The average molecular weight is 272 g/mol. The number of nitrogens with two attached hydrogens (primary N) is 1. The van der Waals surface area contributed by atoms with E-state index in [4.69, 9.17) is 5.73 Å². The van der Waals surface area contributed by atoms with Crippen molar-refractivity contribution >= 4 is 0 Å². The quantitative estimate of drug-likeness (QED) is 0.875. The van der Waals surface area contributed by atoms with Crippen molar-refractivity contribution in [1.29, 1.82) is 0 Å². The fourth-order valence-corrected chi connectivity index (χ4v) is 2.45. The van der Waals surface area contributed by atoms with E-state index in [0.29, 0.717) is 6.54 Å². The summed E-state index contributed by atoms with van der Waals surface area (Å²) in [6, 6.07) is 17.1. The highest BCUT2D eigenvalue weighted by atomic mass is 19.1. The van der Waals surface area contributed by atoms with Gasteiger partial charge in [0, 0.05) is 0 Å². The van der Waals surface area contributed by atoms with E-state index in [1.807, 2.05) is 30.3 Å². The molecule has 0 heterocycles. The van der Waals surface area contributed by atoms with Crippen LogP contribution in [0, 0.1) is 5.82 Å². The normalized spacial score (nSPS) is 12.6. The summed E-state index contributed by atoms with van der Waals surface area (Å²) in [5.74, 6) is -0.204. The van der Waals surface area contributed by atoms with Gasteiger partial charge in [0.05, 0.1) is 6.04 Å². The van der Waals surface area contributed by atoms with E-state index in [1.54, 1.807) is 0 Å². The fourth-order valence-electron chi connectivity index (χ4n) is 2.45. The summed E-state index contributed by atoms with van der Waals surface area (Å²) in [6.07, 6.45) is 0.945. The topological polar surface area (TPSA) is 29.3 Å². The van der Waals surface area contributed by atoms with Crippen LogP contribution in [-0.4, -0.2) is 25.0 Å². The summed E-state index contributed by atoms with van der Waals surface area (Å²) in [6.45, 7) is 1.59. The van der Waals surface area contributed by atoms with Gasteiger partial charge in [-0.1, -0.05) is 42.5 Å². The Morgan fingerprint density at radius 2 is 1.60 bits per heavy atom. The second-order valence-electron chi connectivity index (χ2n) is 4.99.